The quantitative estimate of drug-likeness (QED) is 0.292. The van der Waals surface area contributed by atoms with Crippen molar-refractivity contribution in [2.24, 2.45) is 22.7 Å². The van der Waals surface area contributed by atoms with Crippen molar-refractivity contribution in [3.63, 3.8) is 0 Å². The number of alkyl carbamates (subject to hydrolysis) is 3. The molecule has 0 aromatic rings. The highest BCUT2D eigenvalue weighted by molar-refractivity contribution is 6.05. The van der Waals surface area contributed by atoms with Gasteiger partial charge in [0.1, 0.15) is 19.3 Å². The van der Waals surface area contributed by atoms with Gasteiger partial charge in [0.15, 0.2) is 0 Å². The average Bonchev–Trinajstić information content (AvgIpc) is 3.09. The van der Waals surface area contributed by atoms with E-state index in [1.807, 2.05) is 0 Å². The van der Waals surface area contributed by atoms with Gasteiger partial charge in [0.05, 0.1) is 18.4 Å². The largest absolute Gasteiger partial charge is 0.448 e. The zero-order valence-corrected chi connectivity index (χ0v) is 23.8. The van der Waals surface area contributed by atoms with E-state index in [0.717, 1.165) is 38.5 Å². The maximum atomic E-state index is 12.6. The molecule has 3 fully saturated rings. The van der Waals surface area contributed by atoms with Crippen LogP contribution in [0, 0.1) is 22.7 Å². The number of nitrogens with zero attached hydrogens (tertiary/aromatic N) is 1. The number of likely N-dealkylation sites (tertiary alicyclic amines) is 1. The van der Waals surface area contributed by atoms with Gasteiger partial charge < -0.3 is 30.2 Å². The molecule has 0 aromatic carbocycles. The second-order valence-corrected chi connectivity index (χ2v) is 12.3. The van der Waals surface area contributed by atoms with Crippen LogP contribution in [0.15, 0.2) is 0 Å². The second-order valence-electron chi connectivity index (χ2n) is 12.3. The molecule has 1 saturated heterocycles. The molecule has 39 heavy (non-hydrogen) atoms. The van der Waals surface area contributed by atoms with Gasteiger partial charge in [-0.1, -0.05) is 33.6 Å². The van der Waals surface area contributed by atoms with E-state index in [0.29, 0.717) is 13.0 Å². The van der Waals surface area contributed by atoms with Gasteiger partial charge in [0, 0.05) is 19.6 Å². The van der Waals surface area contributed by atoms with E-state index in [9.17, 15) is 24.0 Å². The Kier molecular flexibility index (Phi) is 10.1. The van der Waals surface area contributed by atoms with Crippen LogP contribution in [0.3, 0.4) is 0 Å². The fourth-order valence-corrected chi connectivity index (χ4v) is 6.57. The number of nitrogens with one attached hydrogen (secondary N) is 3. The van der Waals surface area contributed by atoms with Gasteiger partial charge >= 0.3 is 18.3 Å². The topological polar surface area (TPSA) is 152 Å². The van der Waals surface area contributed by atoms with Gasteiger partial charge in [-0.15, -0.1) is 0 Å². The van der Waals surface area contributed by atoms with E-state index in [-0.39, 0.29) is 60.3 Å². The van der Waals surface area contributed by atoms with Crippen LogP contribution in [0.25, 0.3) is 0 Å². The Labute approximate surface area is 230 Å². The van der Waals surface area contributed by atoms with Crippen LogP contribution in [-0.4, -0.2) is 80.5 Å². The third-order valence-corrected chi connectivity index (χ3v) is 7.87. The third-order valence-electron chi connectivity index (χ3n) is 7.87. The molecule has 0 aromatic heterocycles. The first-order valence-corrected chi connectivity index (χ1v) is 13.9. The van der Waals surface area contributed by atoms with Crippen molar-refractivity contribution in [3.8, 4) is 0 Å². The lowest BCUT2D eigenvalue weighted by atomic mass is 9.62. The van der Waals surface area contributed by atoms with Crippen LogP contribution in [0.2, 0.25) is 0 Å². The predicted molar refractivity (Wildman–Crippen MR) is 141 cm³/mol. The Balaban J connectivity index is 1.43. The molecule has 12 nitrogen and oxygen atoms in total. The first-order valence-electron chi connectivity index (χ1n) is 13.9. The molecular formula is C27H44N4O8. The minimum absolute atomic E-state index is 0.0528. The summed E-state index contributed by atoms with van der Waals surface area (Å²) in [6, 6.07) is -0.174. The van der Waals surface area contributed by atoms with Gasteiger partial charge in [-0.2, -0.15) is 0 Å². The molecule has 3 N–H and O–H groups in total. The van der Waals surface area contributed by atoms with Crippen molar-refractivity contribution < 1.29 is 38.2 Å². The number of imide groups is 1. The van der Waals surface area contributed by atoms with Gasteiger partial charge in [0.2, 0.25) is 11.8 Å². The lowest BCUT2D eigenvalue weighted by molar-refractivity contribution is -0.140. The maximum absolute atomic E-state index is 12.6. The number of carbonyl (C=O) groups is 5. The van der Waals surface area contributed by atoms with Crippen LogP contribution in [0.5, 0.6) is 0 Å². The van der Waals surface area contributed by atoms with Crippen molar-refractivity contribution in [1.29, 1.82) is 0 Å². The lowest BCUT2D eigenvalue weighted by Crippen LogP contribution is -2.51. The summed E-state index contributed by atoms with van der Waals surface area (Å²) in [6.07, 6.45) is 3.20. The summed E-state index contributed by atoms with van der Waals surface area (Å²) in [5.74, 6) is -0.715. The summed E-state index contributed by atoms with van der Waals surface area (Å²) >= 11 is 0. The van der Waals surface area contributed by atoms with Gasteiger partial charge in [-0.25, -0.2) is 14.4 Å². The molecule has 2 aliphatic carbocycles. The number of hydrogen-bond acceptors (Lipinski definition) is 8. The zero-order valence-electron chi connectivity index (χ0n) is 23.8. The Morgan fingerprint density at radius 2 is 1.62 bits per heavy atom. The molecule has 1 aliphatic heterocycles. The molecule has 2 saturated carbocycles. The summed E-state index contributed by atoms with van der Waals surface area (Å²) in [5.41, 5.74) is -0.416. The molecule has 220 valence electrons. The van der Waals surface area contributed by atoms with E-state index < -0.39 is 24.4 Å². The fourth-order valence-electron chi connectivity index (χ4n) is 6.57. The summed E-state index contributed by atoms with van der Waals surface area (Å²) < 4.78 is 15.5. The molecule has 0 bridgehead atoms. The lowest BCUT2D eigenvalue weighted by Gasteiger charge is -2.46. The number of hydrogen-bond donors (Lipinski definition) is 3. The molecular weight excluding hydrogens is 508 g/mol. The van der Waals surface area contributed by atoms with E-state index in [2.05, 4.69) is 36.7 Å². The van der Waals surface area contributed by atoms with E-state index in [1.54, 1.807) is 6.92 Å². The molecule has 0 spiro atoms. The number of amides is 5. The van der Waals surface area contributed by atoms with E-state index in [4.69, 9.17) is 14.2 Å². The van der Waals surface area contributed by atoms with Crippen molar-refractivity contribution in [2.75, 3.05) is 33.4 Å². The molecule has 5 amide bonds. The monoisotopic (exact) mass is 552 g/mol. The van der Waals surface area contributed by atoms with Crippen molar-refractivity contribution in [2.45, 2.75) is 84.8 Å². The normalized spacial score (nSPS) is 28.6. The molecule has 1 heterocycles. The van der Waals surface area contributed by atoms with Crippen LogP contribution >= 0.6 is 0 Å². The SMILES string of the molecule is CNC(=O)OCC(C)OC(=O)NC1CC(C)(C)CC(C)(CNC(=O)OCCN2C(=O)C3CCCCC3C2=O)C1. The fraction of sp³-hybridized carbons (Fsp3) is 0.815. The molecule has 3 aliphatic rings. The van der Waals surface area contributed by atoms with Crippen molar-refractivity contribution >= 4 is 30.1 Å². The summed E-state index contributed by atoms with van der Waals surface area (Å²) in [7, 11) is 1.45. The Morgan fingerprint density at radius 3 is 2.23 bits per heavy atom. The first kappa shape index (κ1) is 30.5. The second kappa shape index (κ2) is 12.9. The highest BCUT2D eigenvalue weighted by Gasteiger charge is 2.48. The van der Waals surface area contributed by atoms with E-state index in [1.165, 1.54) is 11.9 Å². The van der Waals surface area contributed by atoms with Gasteiger partial charge in [-0.05, 0) is 49.9 Å². The van der Waals surface area contributed by atoms with E-state index >= 15 is 0 Å². The third kappa shape index (κ3) is 8.47. The van der Waals surface area contributed by atoms with Crippen LogP contribution in [0.4, 0.5) is 14.4 Å². The summed E-state index contributed by atoms with van der Waals surface area (Å²) in [6.45, 7) is 8.21. The minimum atomic E-state index is -0.614. The predicted octanol–water partition coefficient (Wildman–Crippen LogP) is 2.94. The average molecular weight is 553 g/mol. The smallest absolute Gasteiger partial charge is 0.407 e. The van der Waals surface area contributed by atoms with Crippen LogP contribution < -0.4 is 16.0 Å². The number of rotatable bonds is 9. The van der Waals surface area contributed by atoms with Crippen molar-refractivity contribution in [3.05, 3.63) is 0 Å². The van der Waals surface area contributed by atoms with Gasteiger partial charge in [-0.3, -0.25) is 14.5 Å². The Hall–Kier alpha value is -3.05. The molecule has 5 atom stereocenters. The molecule has 0 radical (unpaired) electrons. The van der Waals surface area contributed by atoms with Gasteiger partial charge in [0.25, 0.3) is 0 Å². The van der Waals surface area contributed by atoms with Crippen LogP contribution in [-0.2, 0) is 23.8 Å². The summed E-state index contributed by atoms with van der Waals surface area (Å²) in [5, 5.41) is 8.06. The minimum Gasteiger partial charge on any atom is -0.448 e. The van der Waals surface area contributed by atoms with Crippen LogP contribution in [0.1, 0.15) is 72.6 Å². The first-order chi connectivity index (χ1) is 18.3. The highest BCUT2D eigenvalue weighted by atomic mass is 16.6. The standard InChI is InChI=1S/C27H44N4O8/c1-17(14-38-23(34)28-5)39-25(36)30-18-12-26(2,3)15-27(4,13-18)16-29-24(35)37-11-10-31-21(32)19-8-6-7-9-20(19)22(31)33/h17-20H,6-16H2,1-5H3,(H,28,34)(H,29,35)(H,30,36). The highest BCUT2D eigenvalue weighted by Crippen LogP contribution is 2.46. The maximum Gasteiger partial charge on any atom is 0.407 e. The number of ether oxygens (including phenoxy) is 3. The molecule has 5 unspecified atom stereocenters. The number of carbonyl (C=O) groups excluding carboxylic acids is 5. The van der Waals surface area contributed by atoms with Crippen molar-refractivity contribution in [1.82, 2.24) is 20.9 Å². The number of fused-ring (bicyclic) bond motifs is 1. The molecule has 12 heteroatoms. The Morgan fingerprint density at radius 1 is 0.974 bits per heavy atom. The molecule has 3 rings (SSSR count). The Bertz CT molecular complexity index is 917. The zero-order chi connectivity index (χ0) is 28.8. The summed E-state index contributed by atoms with van der Waals surface area (Å²) in [4.78, 5) is 62.5.